The summed E-state index contributed by atoms with van der Waals surface area (Å²) in [6.45, 7) is 11.5. The van der Waals surface area contributed by atoms with Crippen LogP contribution in [0.3, 0.4) is 0 Å². The van der Waals surface area contributed by atoms with E-state index in [9.17, 15) is 0 Å². The van der Waals surface area contributed by atoms with E-state index in [2.05, 4.69) is 23.7 Å². The number of rotatable bonds is 7. The summed E-state index contributed by atoms with van der Waals surface area (Å²) in [5, 5.41) is 7.63. The van der Waals surface area contributed by atoms with Crippen LogP contribution in [0, 0.1) is 19.3 Å². The zero-order valence-corrected chi connectivity index (χ0v) is 12.3. The lowest BCUT2D eigenvalue weighted by atomic mass is 10.1. The van der Waals surface area contributed by atoms with Crippen LogP contribution >= 0.6 is 0 Å². The molecule has 0 unspecified atom stereocenters. The van der Waals surface area contributed by atoms with Gasteiger partial charge in [-0.15, -0.1) is 0 Å². The molecule has 19 heavy (non-hydrogen) atoms. The van der Waals surface area contributed by atoms with Gasteiger partial charge in [0.25, 0.3) is 0 Å². The third-order valence-corrected chi connectivity index (χ3v) is 3.12. The molecule has 3 N–H and O–H groups in total. The zero-order valence-electron chi connectivity index (χ0n) is 12.3. The molecule has 0 fully saturated rings. The predicted molar refractivity (Wildman–Crippen MR) is 78.0 cm³/mol. The van der Waals surface area contributed by atoms with E-state index >= 15 is 0 Å². The van der Waals surface area contributed by atoms with Crippen LogP contribution in [0.15, 0.2) is 6.07 Å². The lowest BCUT2D eigenvalue weighted by molar-refractivity contribution is 0.222. The van der Waals surface area contributed by atoms with Crippen LogP contribution in [-0.2, 0) is 0 Å². The number of pyridine rings is 1. The van der Waals surface area contributed by atoms with E-state index < -0.39 is 0 Å². The number of hydrogen-bond donors (Lipinski definition) is 2. The molecule has 0 radical (unpaired) electrons. The van der Waals surface area contributed by atoms with Gasteiger partial charge >= 0.3 is 0 Å². The molecule has 0 saturated heterocycles. The zero-order chi connectivity index (χ0) is 14.4. The summed E-state index contributed by atoms with van der Waals surface area (Å²) in [7, 11) is 0. The lowest BCUT2D eigenvalue weighted by Gasteiger charge is -2.19. The van der Waals surface area contributed by atoms with E-state index in [0.717, 1.165) is 31.0 Å². The van der Waals surface area contributed by atoms with Crippen molar-refractivity contribution in [3.63, 3.8) is 0 Å². The van der Waals surface area contributed by atoms with Crippen LogP contribution < -0.4 is 10.5 Å². The van der Waals surface area contributed by atoms with Crippen molar-refractivity contribution in [3.05, 3.63) is 23.0 Å². The number of nitrogens with two attached hydrogens (primary N) is 1. The molecule has 5 nitrogen and oxygen atoms in total. The summed E-state index contributed by atoms with van der Waals surface area (Å²) < 4.78 is 5.79. The first-order chi connectivity index (χ1) is 8.99. The standard InChI is InChI=1S/C14H24N4O/c1-5-18(6-2)7-8-19-12-9-10(3)17-11(4)13(12)14(15)16/h9H,5-8H2,1-4H3,(H3,15,16). The molecule has 0 aliphatic rings. The number of ether oxygens (including phenoxy) is 1. The number of nitrogen functional groups attached to an aromatic ring is 1. The molecule has 1 heterocycles. The van der Waals surface area contributed by atoms with Gasteiger partial charge in [-0.3, -0.25) is 10.4 Å². The second kappa shape index (κ2) is 7.09. The molecule has 0 atom stereocenters. The predicted octanol–water partition coefficient (Wildman–Crippen LogP) is 1.70. The van der Waals surface area contributed by atoms with Crippen LogP contribution in [-0.4, -0.2) is 42.0 Å². The van der Waals surface area contributed by atoms with E-state index in [4.69, 9.17) is 15.9 Å². The van der Waals surface area contributed by atoms with Crippen LogP contribution in [0.5, 0.6) is 5.75 Å². The molecule has 0 aromatic carbocycles. The van der Waals surface area contributed by atoms with Gasteiger partial charge in [0.2, 0.25) is 0 Å². The van der Waals surface area contributed by atoms with Gasteiger partial charge in [-0.05, 0) is 26.9 Å². The van der Waals surface area contributed by atoms with Gasteiger partial charge in [0, 0.05) is 18.3 Å². The molecule has 5 heteroatoms. The Balaban J connectivity index is 2.80. The van der Waals surface area contributed by atoms with Crippen LogP contribution in [0.2, 0.25) is 0 Å². The molecule has 106 valence electrons. The number of nitrogens with zero attached hydrogens (tertiary/aromatic N) is 2. The average molecular weight is 264 g/mol. The van der Waals surface area contributed by atoms with Crippen LogP contribution in [0.1, 0.15) is 30.8 Å². The minimum absolute atomic E-state index is 0.00263. The molecule has 1 aromatic heterocycles. The first-order valence-corrected chi connectivity index (χ1v) is 6.67. The molecule has 0 bridgehead atoms. The fourth-order valence-corrected chi connectivity index (χ4v) is 2.06. The Morgan fingerprint density at radius 2 is 2.00 bits per heavy atom. The monoisotopic (exact) mass is 264 g/mol. The number of aryl methyl sites for hydroxylation is 2. The van der Waals surface area contributed by atoms with Crippen molar-refractivity contribution in [1.82, 2.24) is 9.88 Å². The maximum atomic E-state index is 7.63. The van der Waals surface area contributed by atoms with Crippen molar-refractivity contribution in [2.75, 3.05) is 26.2 Å². The Hall–Kier alpha value is -1.62. The third kappa shape index (κ3) is 4.21. The fourth-order valence-electron chi connectivity index (χ4n) is 2.06. The molecule has 1 rings (SSSR count). The summed E-state index contributed by atoms with van der Waals surface area (Å²) in [4.78, 5) is 6.61. The molecule has 0 amide bonds. The molecule has 0 saturated carbocycles. The highest BCUT2D eigenvalue weighted by Gasteiger charge is 2.12. The van der Waals surface area contributed by atoms with Crippen molar-refractivity contribution < 1.29 is 4.74 Å². The van der Waals surface area contributed by atoms with Crippen molar-refractivity contribution >= 4 is 5.84 Å². The SMILES string of the molecule is CCN(CC)CCOc1cc(C)nc(C)c1C(=N)N. The number of nitrogens with one attached hydrogen (secondary N) is 1. The Morgan fingerprint density at radius 3 is 2.53 bits per heavy atom. The molecule has 0 spiro atoms. The minimum atomic E-state index is 0.00263. The van der Waals surface area contributed by atoms with Crippen molar-refractivity contribution in [1.29, 1.82) is 5.41 Å². The Morgan fingerprint density at radius 1 is 1.37 bits per heavy atom. The molecule has 0 aliphatic carbocycles. The summed E-state index contributed by atoms with van der Waals surface area (Å²) in [5.74, 6) is 0.660. The quantitative estimate of drug-likeness (QED) is 0.580. The average Bonchev–Trinajstić information content (AvgIpc) is 2.33. The van der Waals surface area contributed by atoms with Crippen molar-refractivity contribution in [2.45, 2.75) is 27.7 Å². The minimum Gasteiger partial charge on any atom is -0.491 e. The first kappa shape index (κ1) is 15.4. The lowest BCUT2D eigenvalue weighted by Crippen LogP contribution is -2.28. The van der Waals surface area contributed by atoms with Gasteiger partial charge in [0.15, 0.2) is 0 Å². The highest BCUT2D eigenvalue weighted by Crippen LogP contribution is 2.21. The second-order valence-corrected chi connectivity index (χ2v) is 4.51. The maximum Gasteiger partial charge on any atom is 0.133 e. The summed E-state index contributed by atoms with van der Waals surface area (Å²) in [6.07, 6.45) is 0. The van der Waals surface area contributed by atoms with Gasteiger partial charge in [-0.2, -0.15) is 0 Å². The molecule has 0 aliphatic heterocycles. The number of likely N-dealkylation sites (N-methyl/N-ethyl adjacent to an activating group) is 1. The smallest absolute Gasteiger partial charge is 0.133 e. The summed E-state index contributed by atoms with van der Waals surface area (Å²) in [5.41, 5.74) is 7.82. The van der Waals surface area contributed by atoms with E-state index in [1.165, 1.54) is 0 Å². The van der Waals surface area contributed by atoms with Gasteiger partial charge in [-0.1, -0.05) is 13.8 Å². The number of amidine groups is 1. The fraction of sp³-hybridized carbons (Fsp3) is 0.571. The van der Waals surface area contributed by atoms with Crippen LogP contribution in [0.4, 0.5) is 0 Å². The molecular weight excluding hydrogens is 240 g/mol. The Kier molecular flexibility index (Phi) is 5.76. The summed E-state index contributed by atoms with van der Waals surface area (Å²) >= 11 is 0. The van der Waals surface area contributed by atoms with E-state index in [-0.39, 0.29) is 5.84 Å². The maximum absolute atomic E-state index is 7.63. The Bertz CT molecular complexity index is 441. The van der Waals surface area contributed by atoms with E-state index in [1.807, 2.05) is 19.9 Å². The normalized spacial score (nSPS) is 10.8. The third-order valence-electron chi connectivity index (χ3n) is 3.12. The number of hydrogen-bond acceptors (Lipinski definition) is 4. The number of aromatic nitrogens is 1. The van der Waals surface area contributed by atoms with Crippen LogP contribution in [0.25, 0.3) is 0 Å². The van der Waals surface area contributed by atoms with E-state index in [1.54, 1.807) is 0 Å². The van der Waals surface area contributed by atoms with E-state index in [0.29, 0.717) is 17.9 Å². The second-order valence-electron chi connectivity index (χ2n) is 4.51. The summed E-state index contributed by atoms with van der Waals surface area (Å²) in [6, 6.07) is 1.84. The Labute approximate surface area is 115 Å². The first-order valence-electron chi connectivity index (χ1n) is 6.67. The van der Waals surface area contributed by atoms with Gasteiger partial charge in [0.1, 0.15) is 18.2 Å². The van der Waals surface area contributed by atoms with Crippen molar-refractivity contribution in [3.8, 4) is 5.75 Å². The highest BCUT2D eigenvalue weighted by atomic mass is 16.5. The molecule has 1 aromatic rings. The molecular formula is C14H24N4O. The topological polar surface area (TPSA) is 75.2 Å². The largest absolute Gasteiger partial charge is 0.491 e. The highest BCUT2D eigenvalue weighted by molar-refractivity contribution is 5.98. The van der Waals surface area contributed by atoms with Gasteiger partial charge in [0.05, 0.1) is 11.3 Å². The van der Waals surface area contributed by atoms with Gasteiger partial charge in [-0.25, -0.2) is 0 Å². The van der Waals surface area contributed by atoms with Gasteiger partial charge < -0.3 is 15.4 Å². The van der Waals surface area contributed by atoms with Crippen molar-refractivity contribution in [2.24, 2.45) is 5.73 Å².